The molecule has 1 heterocycles. The van der Waals surface area contributed by atoms with Crippen LogP contribution in [0.15, 0.2) is 60.3 Å². The van der Waals surface area contributed by atoms with Crippen molar-refractivity contribution in [2.24, 2.45) is 0 Å². The summed E-state index contributed by atoms with van der Waals surface area (Å²) in [7, 11) is 0. The van der Waals surface area contributed by atoms with Gasteiger partial charge in [0, 0.05) is 27.8 Å². The number of anilines is 1. The Morgan fingerprint density at radius 1 is 1.25 bits per heavy atom. The van der Waals surface area contributed by atoms with Crippen molar-refractivity contribution in [3.05, 3.63) is 70.7 Å². The third kappa shape index (κ3) is 4.76. The molecule has 5 nitrogen and oxygen atoms in total. The van der Waals surface area contributed by atoms with Gasteiger partial charge in [0.25, 0.3) is 0 Å². The molecule has 0 spiro atoms. The van der Waals surface area contributed by atoms with E-state index in [4.69, 9.17) is 23.2 Å². The molecule has 1 N–H and O–H groups in total. The van der Waals surface area contributed by atoms with Crippen molar-refractivity contribution in [3.63, 3.8) is 0 Å². The minimum absolute atomic E-state index is 0.146. The lowest BCUT2D eigenvalue weighted by Gasteiger charge is -2.10. The van der Waals surface area contributed by atoms with Gasteiger partial charge in [-0.3, -0.25) is 9.36 Å². The molecule has 0 aliphatic heterocycles. The number of allylic oxidation sites excluding steroid dienone is 1. The Morgan fingerprint density at radius 2 is 2.04 bits per heavy atom. The van der Waals surface area contributed by atoms with E-state index < -0.39 is 0 Å². The van der Waals surface area contributed by atoms with E-state index >= 15 is 0 Å². The Kier molecular flexibility index (Phi) is 6.78. The molecule has 0 fully saturated rings. The molecule has 0 bridgehead atoms. The van der Waals surface area contributed by atoms with Crippen LogP contribution in [-0.4, -0.2) is 26.4 Å². The second kappa shape index (κ2) is 9.28. The van der Waals surface area contributed by atoms with E-state index in [0.29, 0.717) is 33.3 Å². The number of hydrogen-bond acceptors (Lipinski definition) is 4. The van der Waals surface area contributed by atoms with E-state index in [2.05, 4.69) is 22.1 Å². The van der Waals surface area contributed by atoms with Gasteiger partial charge in [0.1, 0.15) is 0 Å². The van der Waals surface area contributed by atoms with Gasteiger partial charge in [-0.1, -0.05) is 59.2 Å². The number of carbonyl (C=O) groups excluding carboxylic acids is 1. The van der Waals surface area contributed by atoms with Crippen LogP contribution in [-0.2, 0) is 11.3 Å². The smallest absolute Gasteiger partial charge is 0.234 e. The zero-order valence-corrected chi connectivity index (χ0v) is 17.5. The number of carbonyl (C=O) groups is 1. The molecule has 0 aliphatic carbocycles. The summed E-state index contributed by atoms with van der Waals surface area (Å²) in [5, 5.41) is 13.3. The largest absolute Gasteiger partial charge is 0.325 e. The van der Waals surface area contributed by atoms with Crippen molar-refractivity contribution < 1.29 is 4.79 Å². The Labute approximate surface area is 177 Å². The van der Waals surface area contributed by atoms with Gasteiger partial charge in [-0.05, 0) is 36.8 Å². The van der Waals surface area contributed by atoms with E-state index in [0.717, 1.165) is 11.1 Å². The fourth-order valence-electron chi connectivity index (χ4n) is 2.59. The minimum Gasteiger partial charge on any atom is -0.325 e. The highest BCUT2D eigenvalue weighted by Crippen LogP contribution is 2.27. The first-order valence-electron chi connectivity index (χ1n) is 8.47. The fraction of sp³-hybridized carbons (Fsp3) is 0.150. The monoisotopic (exact) mass is 432 g/mol. The predicted octanol–water partition coefficient (Wildman–Crippen LogP) is 5.48. The molecule has 3 aromatic rings. The standard InChI is InChI=1S/C20H18Cl2N4OS/c1-3-10-26-19(14-6-4-7-15(21)11-14)24-25-20(26)28-12-18(27)23-17-9-5-8-16(22)13(17)2/h3-9,11H,1,10,12H2,2H3,(H,23,27). The molecule has 1 aromatic heterocycles. The first kappa shape index (κ1) is 20.5. The highest BCUT2D eigenvalue weighted by Gasteiger charge is 2.15. The van der Waals surface area contributed by atoms with Gasteiger partial charge in [0.2, 0.25) is 5.91 Å². The summed E-state index contributed by atoms with van der Waals surface area (Å²) in [5.74, 6) is 0.723. The van der Waals surface area contributed by atoms with Gasteiger partial charge in [-0.25, -0.2) is 0 Å². The quantitative estimate of drug-likeness (QED) is 0.396. The second-order valence-electron chi connectivity index (χ2n) is 5.97. The molecule has 0 saturated heterocycles. The summed E-state index contributed by atoms with van der Waals surface area (Å²) in [5.41, 5.74) is 2.39. The maximum Gasteiger partial charge on any atom is 0.234 e. The number of amides is 1. The first-order valence-corrected chi connectivity index (χ1v) is 10.2. The number of thioether (sulfide) groups is 1. The molecule has 0 unspecified atom stereocenters. The third-order valence-electron chi connectivity index (χ3n) is 3.99. The lowest BCUT2D eigenvalue weighted by atomic mass is 10.2. The lowest BCUT2D eigenvalue weighted by molar-refractivity contribution is -0.113. The predicted molar refractivity (Wildman–Crippen MR) is 116 cm³/mol. The van der Waals surface area contributed by atoms with E-state index in [1.54, 1.807) is 24.3 Å². The van der Waals surface area contributed by atoms with Gasteiger partial charge in [0.05, 0.1) is 5.75 Å². The van der Waals surface area contributed by atoms with E-state index in [-0.39, 0.29) is 11.7 Å². The first-order chi connectivity index (χ1) is 13.5. The van der Waals surface area contributed by atoms with Crippen LogP contribution < -0.4 is 5.32 Å². The maximum absolute atomic E-state index is 12.4. The van der Waals surface area contributed by atoms with Crippen molar-refractivity contribution in [3.8, 4) is 11.4 Å². The lowest BCUT2D eigenvalue weighted by Crippen LogP contribution is -2.15. The minimum atomic E-state index is -0.146. The molecule has 0 saturated carbocycles. The Hall–Kier alpha value is -2.28. The molecular formula is C20H18Cl2N4OS. The van der Waals surface area contributed by atoms with Crippen LogP contribution in [0.2, 0.25) is 10.0 Å². The molecular weight excluding hydrogens is 415 g/mol. The summed E-state index contributed by atoms with van der Waals surface area (Å²) >= 11 is 13.5. The molecule has 28 heavy (non-hydrogen) atoms. The number of hydrogen-bond donors (Lipinski definition) is 1. The van der Waals surface area contributed by atoms with Crippen LogP contribution >= 0.6 is 35.0 Å². The number of nitrogens with zero attached hydrogens (tertiary/aromatic N) is 3. The third-order valence-corrected chi connectivity index (χ3v) is 5.60. The van der Waals surface area contributed by atoms with Crippen molar-refractivity contribution in [1.29, 1.82) is 0 Å². The number of aromatic nitrogens is 3. The Bertz CT molecular complexity index is 1020. The van der Waals surface area contributed by atoms with E-state index in [9.17, 15) is 4.79 Å². The molecule has 1 amide bonds. The summed E-state index contributed by atoms with van der Waals surface area (Å²) in [6.07, 6.45) is 1.76. The number of benzene rings is 2. The molecule has 144 valence electrons. The molecule has 0 atom stereocenters. The maximum atomic E-state index is 12.4. The van der Waals surface area contributed by atoms with Crippen LogP contribution in [0.4, 0.5) is 5.69 Å². The average molecular weight is 433 g/mol. The molecule has 0 radical (unpaired) electrons. The molecule has 8 heteroatoms. The molecule has 2 aromatic carbocycles. The summed E-state index contributed by atoms with van der Waals surface area (Å²) in [6, 6.07) is 12.8. The van der Waals surface area contributed by atoms with Crippen LogP contribution in [0.5, 0.6) is 0 Å². The topological polar surface area (TPSA) is 59.8 Å². The number of rotatable bonds is 7. The van der Waals surface area contributed by atoms with Gasteiger partial charge >= 0.3 is 0 Å². The second-order valence-corrected chi connectivity index (χ2v) is 7.75. The van der Waals surface area contributed by atoms with Gasteiger partial charge in [0.15, 0.2) is 11.0 Å². The number of nitrogens with one attached hydrogen (secondary N) is 1. The normalized spacial score (nSPS) is 10.7. The van der Waals surface area contributed by atoms with Crippen molar-refractivity contribution >= 4 is 46.6 Å². The van der Waals surface area contributed by atoms with E-state index in [1.165, 1.54) is 11.8 Å². The summed E-state index contributed by atoms with van der Waals surface area (Å²) < 4.78 is 1.90. The van der Waals surface area contributed by atoms with Gasteiger partial charge in [-0.2, -0.15) is 0 Å². The SMILES string of the molecule is C=CCn1c(SCC(=O)Nc2cccc(Cl)c2C)nnc1-c1cccc(Cl)c1. The summed E-state index contributed by atoms with van der Waals surface area (Å²) in [4.78, 5) is 12.4. The van der Waals surface area contributed by atoms with Crippen molar-refractivity contribution in [2.45, 2.75) is 18.6 Å². The van der Waals surface area contributed by atoms with Crippen LogP contribution in [0.1, 0.15) is 5.56 Å². The fourth-order valence-corrected chi connectivity index (χ4v) is 3.70. The van der Waals surface area contributed by atoms with Crippen LogP contribution in [0.3, 0.4) is 0 Å². The van der Waals surface area contributed by atoms with E-state index in [1.807, 2.05) is 35.8 Å². The Balaban J connectivity index is 1.74. The molecule has 3 rings (SSSR count). The average Bonchev–Trinajstić information content (AvgIpc) is 3.07. The highest BCUT2D eigenvalue weighted by atomic mass is 35.5. The zero-order chi connectivity index (χ0) is 20.1. The van der Waals surface area contributed by atoms with Gasteiger partial charge in [-0.15, -0.1) is 16.8 Å². The van der Waals surface area contributed by atoms with Crippen molar-refractivity contribution in [1.82, 2.24) is 14.8 Å². The zero-order valence-electron chi connectivity index (χ0n) is 15.2. The Morgan fingerprint density at radius 3 is 2.79 bits per heavy atom. The van der Waals surface area contributed by atoms with Crippen molar-refractivity contribution in [2.75, 3.05) is 11.1 Å². The van der Waals surface area contributed by atoms with Crippen LogP contribution in [0.25, 0.3) is 11.4 Å². The van der Waals surface area contributed by atoms with Crippen LogP contribution in [0, 0.1) is 6.92 Å². The van der Waals surface area contributed by atoms with Gasteiger partial charge < -0.3 is 5.32 Å². The molecule has 0 aliphatic rings. The highest BCUT2D eigenvalue weighted by molar-refractivity contribution is 7.99. The number of halogens is 2. The summed E-state index contributed by atoms with van der Waals surface area (Å²) in [6.45, 7) is 6.18.